The Morgan fingerprint density at radius 1 is 1.30 bits per heavy atom. The molecule has 0 radical (unpaired) electrons. The molecule has 0 spiro atoms. The van der Waals surface area contributed by atoms with Gasteiger partial charge in [-0.05, 0) is 13.5 Å². The maximum Gasteiger partial charge on any atom is 0.265 e. The van der Waals surface area contributed by atoms with E-state index in [-0.39, 0.29) is 4.90 Å². The molecular weight excluding hydrogens is 280 g/mol. The van der Waals surface area contributed by atoms with Crippen LogP contribution in [0, 0.1) is 6.92 Å². The smallest absolute Gasteiger partial charge is 0.265 e. The van der Waals surface area contributed by atoms with Crippen LogP contribution in [-0.4, -0.2) is 35.1 Å². The number of rotatable bonds is 6. The van der Waals surface area contributed by atoms with E-state index in [1.165, 1.54) is 18.7 Å². The Bertz CT molecular complexity index is 667. The van der Waals surface area contributed by atoms with Gasteiger partial charge in [-0.15, -0.1) is 0 Å². The van der Waals surface area contributed by atoms with Gasteiger partial charge in [-0.25, -0.2) is 18.4 Å². The van der Waals surface area contributed by atoms with Gasteiger partial charge in [-0.3, -0.25) is 9.82 Å². The van der Waals surface area contributed by atoms with Gasteiger partial charge >= 0.3 is 0 Å². The molecule has 0 aliphatic rings. The number of aromatic amines is 1. The van der Waals surface area contributed by atoms with E-state index in [2.05, 4.69) is 30.2 Å². The zero-order valence-corrected chi connectivity index (χ0v) is 12.0. The van der Waals surface area contributed by atoms with Crippen LogP contribution in [0.5, 0.6) is 0 Å². The average Bonchev–Trinajstić information content (AvgIpc) is 2.79. The largest absolute Gasteiger partial charge is 0.311 e. The fraction of sp³-hybridized carbons (Fsp3) is 0.364. The number of H-pyrrole nitrogens is 1. The van der Waals surface area contributed by atoms with Crippen molar-refractivity contribution in [2.45, 2.75) is 25.3 Å². The predicted molar refractivity (Wildman–Crippen MR) is 73.5 cm³/mol. The SMILES string of the molecule is CCNCc1n[nH]c(C)c1S(=O)(=O)Nc1cncnc1. The quantitative estimate of drug-likeness (QED) is 0.712. The third-order valence-corrected chi connectivity index (χ3v) is 4.17. The summed E-state index contributed by atoms with van der Waals surface area (Å²) in [6, 6.07) is 0. The van der Waals surface area contributed by atoms with Gasteiger partial charge in [0.05, 0.1) is 29.5 Å². The van der Waals surface area contributed by atoms with Crippen molar-refractivity contribution in [1.82, 2.24) is 25.5 Å². The molecule has 0 fully saturated rings. The lowest BCUT2D eigenvalue weighted by atomic mass is 10.3. The van der Waals surface area contributed by atoms with Crippen molar-refractivity contribution in [3.63, 3.8) is 0 Å². The van der Waals surface area contributed by atoms with Gasteiger partial charge < -0.3 is 5.32 Å². The molecule has 2 rings (SSSR count). The summed E-state index contributed by atoms with van der Waals surface area (Å²) in [6.45, 7) is 4.71. The molecule has 3 N–H and O–H groups in total. The summed E-state index contributed by atoms with van der Waals surface area (Å²) < 4.78 is 27.3. The molecule has 8 nitrogen and oxygen atoms in total. The Kier molecular flexibility index (Phi) is 4.30. The van der Waals surface area contributed by atoms with Crippen molar-refractivity contribution in [3.8, 4) is 0 Å². The average molecular weight is 296 g/mol. The Balaban J connectivity index is 2.32. The van der Waals surface area contributed by atoms with E-state index >= 15 is 0 Å². The summed E-state index contributed by atoms with van der Waals surface area (Å²) in [7, 11) is -3.73. The fourth-order valence-corrected chi connectivity index (χ4v) is 3.14. The number of nitrogens with zero attached hydrogens (tertiary/aromatic N) is 3. The highest BCUT2D eigenvalue weighted by molar-refractivity contribution is 7.92. The number of aryl methyl sites for hydroxylation is 1. The summed E-state index contributed by atoms with van der Waals surface area (Å²) in [5.74, 6) is 0. The third kappa shape index (κ3) is 3.11. The first-order valence-electron chi connectivity index (χ1n) is 6.07. The van der Waals surface area contributed by atoms with Crippen molar-refractivity contribution < 1.29 is 8.42 Å². The number of hydrogen-bond acceptors (Lipinski definition) is 6. The minimum atomic E-state index is -3.73. The Labute approximate surface area is 117 Å². The molecule has 0 aromatic carbocycles. The van der Waals surface area contributed by atoms with E-state index in [0.29, 0.717) is 23.6 Å². The molecule has 0 bridgehead atoms. The predicted octanol–water partition coefficient (Wildman–Crippen LogP) is 0.418. The molecule has 0 unspecified atom stereocenters. The second kappa shape index (κ2) is 5.97. The highest BCUT2D eigenvalue weighted by atomic mass is 32.2. The van der Waals surface area contributed by atoms with E-state index < -0.39 is 10.0 Å². The molecule has 108 valence electrons. The Morgan fingerprint density at radius 2 is 2.00 bits per heavy atom. The zero-order chi connectivity index (χ0) is 14.6. The minimum Gasteiger partial charge on any atom is -0.311 e. The standard InChI is InChI=1S/C11H16N6O2S/c1-3-12-6-10-11(8(2)15-16-10)20(18,19)17-9-4-13-7-14-5-9/h4-5,7,12,17H,3,6H2,1-2H3,(H,15,16). The zero-order valence-electron chi connectivity index (χ0n) is 11.2. The first-order valence-corrected chi connectivity index (χ1v) is 7.55. The van der Waals surface area contributed by atoms with Crippen LogP contribution >= 0.6 is 0 Å². The summed E-state index contributed by atoms with van der Waals surface area (Å²) in [5, 5.41) is 9.78. The lowest BCUT2D eigenvalue weighted by molar-refractivity contribution is 0.597. The third-order valence-electron chi connectivity index (χ3n) is 2.59. The summed E-state index contributed by atoms with van der Waals surface area (Å²) in [5.41, 5.74) is 1.25. The van der Waals surface area contributed by atoms with E-state index in [1.54, 1.807) is 6.92 Å². The Morgan fingerprint density at radius 3 is 2.65 bits per heavy atom. The van der Waals surface area contributed by atoms with Crippen molar-refractivity contribution >= 4 is 15.7 Å². The van der Waals surface area contributed by atoms with E-state index in [0.717, 1.165) is 6.54 Å². The topological polar surface area (TPSA) is 113 Å². The van der Waals surface area contributed by atoms with Crippen LogP contribution in [0.25, 0.3) is 0 Å². The molecule has 2 aromatic heterocycles. The number of sulfonamides is 1. The van der Waals surface area contributed by atoms with Gasteiger partial charge in [0.25, 0.3) is 10.0 Å². The number of nitrogens with one attached hydrogen (secondary N) is 3. The van der Waals surface area contributed by atoms with Gasteiger partial charge in [-0.1, -0.05) is 6.92 Å². The highest BCUT2D eigenvalue weighted by Gasteiger charge is 2.24. The van der Waals surface area contributed by atoms with Crippen LogP contribution in [-0.2, 0) is 16.6 Å². The second-order valence-electron chi connectivity index (χ2n) is 4.14. The molecule has 2 aromatic rings. The first-order chi connectivity index (χ1) is 9.54. The molecule has 0 aliphatic heterocycles. The van der Waals surface area contributed by atoms with Gasteiger partial charge in [0.2, 0.25) is 0 Å². The molecule has 0 saturated carbocycles. The summed E-state index contributed by atoms with van der Waals surface area (Å²) in [6.07, 6.45) is 4.12. The number of hydrogen-bond donors (Lipinski definition) is 3. The van der Waals surface area contributed by atoms with Crippen molar-refractivity contribution in [1.29, 1.82) is 0 Å². The lowest BCUT2D eigenvalue weighted by Crippen LogP contribution is -2.19. The van der Waals surface area contributed by atoms with Crippen LogP contribution < -0.4 is 10.0 Å². The normalized spacial score (nSPS) is 11.5. The molecule has 9 heteroatoms. The van der Waals surface area contributed by atoms with Gasteiger partial charge in [0, 0.05) is 6.54 Å². The Hall–Kier alpha value is -2.00. The van der Waals surface area contributed by atoms with Gasteiger partial charge in [-0.2, -0.15) is 5.10 Å². The van der Waals surface area contributed by atoms with E-state index in [4.69, 9.17) is 0 Å². The van der Waals surface area contributed by atoms with Gasteiger partial charge in [0.15, 0.2) is 0 Å². The van der Waals surface area contributed by atoms with Crippen LogP contribution in [0.3, 0.4) is 0 Å². The summed E-state index contributed by atoms with van der Waals surface area (Å²) in [4.78, 5) is 7.70. The second-order valence-corrected chi connectivity index (χ2v) is 5.76. The molecular formula is C11H16N6O2S. The summed E-state index contributed by atoms with van der Waals surface area (Å²) >= 11 is 0. The van der Waals surface area contributed by atoms with Crippen LogP contribution in [0.15, 0.2) is 23.6 Å². The maximum atomic E-state index is 12.4. The van der Waals surface area contributed by atoms with Crippen LogP contribution in [0.1, 0.15) is 18.3 Å². The highest BCUT2D eigenvalue weighted by Crippen LogP contribution is 2.20. The van der Waals surface area contributed by atoms with E-state index in [9.17, 15) is 8.42 Å². The minimum absolute atomic E-state index is 0.155. The number of anilines is 1. The molecule has 2 heterocycles. The van der Waals surface area contributed by atoms with Crippen molar-refractivity contribution in [2.75, 3.05) is 11.3 Å². The molecule has 20 heavy (non-hydrogen) atoms. The fourth-order valence-electron chi connectivity index (χ4n) is 1.75. The van der Waals surface area contributed by atoms with Gasteiger partial charge in [0.1, 0.15) is 11.2 Å². The number of aromatic nitrogens is 4. The molecule has 0 amide bonds. The monoisotopic (exact) mass is 296 g/mol. The van der Waals surface area contributed by atoms with Crippen molar-refractivity contribution in [2.24, 2.45) is 0 Å². The molecule has 0 saturated heterocycles. The lowest BCUT2D eigenvalue weighted by Gasteiger charge is -2.08. The maximum absolute atomic E-state index is 12.4. The van der Waals surface area contributed by atoms with Crippen LogP contribution in [0.2, 0.25) is 0 Å². The first kappa shape index (κ1) is 14.4. The molecule has 0 aliphatic carbocycles. The molecule has 0 atom stereocenters. The van der Waals surface area contributed by atoms with Crippen LogP contribution in [0.4, 0.5) is 5.69 Å². The van der Waals surface area contributed by atoms with E-state index in [1.807, 2.05) is 6.92 Å². The van der Waals surface area contributed by atoms with Crippen molar-refractivity contribution in [3.05, 3.63) is 30.1 Å².